The van der Waals surface area contributed by atoms with Crippen molar-refractivity contribution in [2.75, 3.05) is 151 Å². The average molecular weight is 1840 g/mol. The number of fused-ring (bicyclic) bond motifs is 4. The van der Waals surface area contributed by atoms with E-state index in [9.17, 15) is 33.6 Å². The van der Waals surface area contributed by atoms with E-state index in [4.69, 9.17) is 14.6 Å². The smallest absolute Gasteiger partial charge is 0.287 e. The summed E-state index contributed by atoms with van der Waals surface area (Å²) in [4.78, 5) is 142. The number of nitrogens with two attached hydrogens (primary N) is 1. The van der Waals surface area contributed by atoms with E-state index in [0.29, 0.717) is 95.7 Å². The molecule has 3 saturated carbocycles. The molecule has 10 aromatic heterocycles. The standard InChI is InChI=1S/C29H36N6O2.C29H42N6O2.C24H24N6O2.C23H24N4O3/c1-33-11-13-34(14-12-33)20-21-3-2-4-22(15-21)28(37)35-9-6-29(7-10-35)17-24(29)19-31-27(36)26-16-23-18-30-8-5-25(23)32-26;1-3-35(29(37)25-10-8-24(9-11-25)23-34-20-18-33(2)19-21-34)17-7-5-4-6-15-32-28(36)13-12-26-22-31-16-14-27(26)30;1-15(17-8-19-22(26-11-17)29-14-28-19)30-6-3-24(4-7-30)10-18(24)12-27-23(31)20-9-16-2-5-25-13-21(16)32-20;1-15-2-3-18(25-12-15)22(29)27-8-5-23(6-9-27)11-17(23)13-26-21(28)19-10-16-4-7-24-14-20(16)30-19/h2-5,8,15-16,18,24,32H,6-7,9-14,17,19-20H2,1H3,(H,31,36);8-14,16,22H,3-7,15,17-21,23H2,1-2H3,(H2,30,31)(H,32,36);2,5,8-9,11,13-14,18H,1,3-4,6-7,10,12H2,(H,27,31)(H,26,28,29);2-4,7,10,12,14,17H,5-6,8-9,11,13H2,1H3,(H,26,28)/b;13-12+;;. The zero-order chi connectivity index (χ0) is 94.3. The quantitative estimate of drug-likeness (QED) is 0.0177. The number of pyridine rings is 6. The van der Waals surface area contributed by atoms with Crippen molar-refractivity contribution >= 4 is 103 Å². The number of likely N-dealkylation sites (N-methyl/N-ethyl adjacent to an activating group) is 2. The first-order chi connectivity index (χ1) is 66.1. The van der Waals surface area contributed by atoms with Crippen LogP contribution in [0.25, 0.3) is 55.8 Å². The third-order valence-corrected chi connectivity index (χ3v) is 29.3. The number of imidazole rings is 1. The molecule has 3 aliphatic carbocycles. The summed E-state index contributed by atoms with van der Waals surface area (Å²) < 4.78 is 11.2. The molecule has 3 spiro atoms. The normalized spacial score (nSPS) is 18.9. The summed E-state index contributed by atoms with van der Waals surface area (Å²) in [5.41, 5.74) is 20.1. The third-order valence-electron chi connectivity index (χ3n) is 29.3. The van der Waals surface area contributed by atoms with Crippen LogP contribution in [0.15, 0.2) is 199 Å². The molecule has 20 rings (SSSR count). The van der Waals surface area contributed by atoms with Gasteiger partial charge in [-0.2, -0.15) is 0 Å². The van der Waals surface area contributed by atoms with Crippen molar-refractivity contribution in [1.29, 1.82) is 0 Å². The van der Waals surface area contributed by atoms with Crippen molar-refractivity contribution < 1.29 is 42.4 Å². The Kier molecular flexibility index (Phi) is 29.9. The maximum Gasteiger partial charge on any atom is 0.287 e. The summed E-state index contributed by atoms with van der Waals surface area (Å²) >= 11 is 0. The molecule has 8 aliphatic rings. The number of piperidine rings is 3. The van der Waals surface area contributed by atoms with E-state index in [1.165, 1.54) is 23.6 Å². The summed E-state index contributed by atoms with van der Waals surface area (Å²) in [6, 6.07) is 34.7. The SMILES string of the molecule is C=C(c1cnc2nc[nH]c2c1)N1CCC2(CC1)CC2CNC(=O)c1cc2ccncc2o1.CCN(CCCCCCNC(=O)/C=C/c1cnccc1N)C(=O)c1ccc(CN2CCN(C)CC2)cc1.CN1CCN(Cc2cccc(C(=O)N3CCC4(CC3)CC4CNC(=O)c3cc4cnccc4[nH]3)c2)CC1.Cc1ccc(C(=O)N2CCC3(CC2)CC3CNC(=O)c2cc3ccncc3o2)nc1. The zero-order valence-electron chi connectivity index (χ0n) is 78.5. The minimum absolute atomic E-state index is 0.00901. The first-order valence-electron chi connectivity index (χ1n) is 48.2. The molecule has 3 unspecified atom stereocenters. The van der Waals surface area contributed by atoms with E-state index in [0.717, 1.165) is 255 Å². The number of H-pyrrole nitrogens is 2. The van der Waals surface area contributed by atoms with Crippen molar-refractivity contribution in [2.24, 2.45) is 34.0 Å². The number of carbonyl (C=O) groups excluding carboxylic acids is 7. The summed E-state index contributed by atoms with van der Waals surface area (Å²) in [5.74, 6) is 1.84. The fraction of sp³-hybridized carbons (Fsp3) is 0.429. The molecular weight excluding hydrogens is 1710 g/mol. The second kappa shape index (κ2) is 43.1. The molecule has 2 aromatic carbocycles. The van der Waals surface area contributed by atoms with Crippen LogP contribution in [0.5, 0.6) is 0 Å². The van der Waals surface area contributed by atoms with Crippen LogP contribution in [0.3, 0.4) is 0 Å². The highest BCUT2D eigenvalue weighted by molar-refractivity contribution is 6.00. The first kappa shape index (κ1) is 94.4. The number of amides is 7. The lowest BCUT2D eigenvalue weighted by Crippen LogP contribution is -2.43. The second-order valence-corrected chi connectivity index (χ2v) is 38.3. The molecule has 3 atom stereocenters. The average Bonchev–Trinajstić information content (AvgIpc) is 1.60. The van der Waals surface area contributed by atoms with Crippen LogP contribution in [0.2, 0.25) is 0 Å². The van der Waals surface area contributed by atoms with Gasteiger partial charge >= 0.3 is 0 Å². The number of likely N-dealkylation sites (tertiary alicyclic amines) is 3. The zero-order valence-corrected chi connectivity index (χ0v) is 78.5. The molecule has 710 valence electrons. The van der Waals surface area contributed by atoms with Crippen molar-refractivity contribution in [2.45, 2.75) is 110 Å². The van der Waals surface area contributed by atoms with Gasteiger partial charge in [0.25, 0.3) is 35.4 Å². The number of hydrogen-bond donors (Lipinski definition) is 7. The molecular formula is C105H126N22O9. The minimum atomic E-state index is -0.189. The molecule has 8 N–H and O–H groups in total. The number of anilines is 1. The summed E-state index contributed by atoms with van der Waals surface area (Å²) in [6.07, 6.45) is 35.2. The Morgan fingerprint density at radius 1 is 0.515 bits per heavy atom. The molecule has 7 amide bonds. The summed E-state index contributed by atoms with van der Waals surface area (Å²) in [5, 5.41) is 14.8. The molecule has 0 bridgehead atoms. The molecule has 0 radical (unpaired) electrons. The number of nitrogens with zero attached hydrogens (tertiary/aromatic N) is 15. The van der Waals surface area contributed by atoms with Gasteiger partial charge in [-0.25, -0.2) is 9.97 Å². The predicted octanol–water partition coefficient (Wildman–Crippen LogP) is 13.1. The lowest BCUT2D eigenvalue weighted by Gasteiger charge is -2.35. The number of benzene rings is 2. The molecule has 31 heteroatoms. The van der Waals surface area contributed by atoms with Gasteiger partial charge in [0.2, 0.25) is 5.91 Å². The Balaban J connectivity index is 0.000000126. The predicted molar refractivity (Wildman–Crippen MR) is 525 cm³/mol. The third kappa shape index (κ3) is 23.6. The molecule has 8 fully saturated rings. The maximum absolute atomic E-state index is 13.3. The molecule has 5 aliphatic heterocycles. The van der Waals surface area contributed by atoms with Gasteiger partial charge in [-0.05, 0) is 234 Å². The van der Waals surface area contributed by atoms with Crippen LogP contribution in [0, 0.1) is 40.9 Å². The number of furan rings is 2. The van der Waals surface area contributed by atoms with Gasteiger partial charge in [0.05, 0.1) is 24.2 Å². The lowest BCUT2D eigenvalue weighted by molar-refractivity contribution is -0.116. The topological polar surface area (TPSA) is 368 Å². The second-order valence-electron chi connectivity index (χ2n) is 38.3. The Morgan fingerprint density at radius 3 is 1.65 bits per heavy atom. The summed E-state index contributed by atoms with van der Waals surface area (Å²) in [6.45, 7) is 28.0. The van der Waals surface area contributed by atoms with Gasteiger partial charge in [0.1, 0.15) is 11.4 Å². The van der Waals surface area contributed by atoms with Gasteiger partial charge < -0.3 is 75.2 Å². The van der Waals surface area contributed by atoms with E-state index in [1.54, 1.807) is 92.4 Å². The molecule has 136 heavy (non-hydrogen) atoms. The number of hydrogen-bond acceptors (Lipinski definition) is 22. The van der Waals surface area contributed by atoms with Crippen molar-refractivity contribution in [3.05, 3.63) is 252 Å². The van der Waals surface area contributed by atoms with Gasteiger partial charge in [0.15, 0.2) is 28.3 Å². The lowest BCUT2D eigenvalue weighted by atomic mass is 9.90. The Morgan fingerprint density at radius 2 is 1.07 bits per heavy atom. The largest absolute Gasteiger partial charge is 0.449 e. The van der Waals surface area contributed by atoms with Crippen molar-refractivity contribution in [3.8, 4) is 0 Å². The highest BCUT2D eigenvalue weighted by atomic mass is 16.4. The Hall–Kier alpha value is -13.4. The minimum Gasteiger partial charge on any atom is -0.449 e. The van der Waals surface area contributed by atoms with Crippen LogP contribution < -0.4 is 27.0 Å². The number of piperazine rings is 2. The Labute approximate surface area is 793 Å². The molecule has 31 nitrogen and oxygen atoms in total. The number of carbonyl (C=O) groups is 7. The van der Waals surface area contributed by atoms with Crippen LogP contribution in [0.4, 0.5) is 5.69 Å². The number of nitrogen functional groups attached to an aromatic ring is 1. The number of aromatic amines is 2. The number of aromatic nitrogens is 9. The van der Waals surface area contributed by atoms with Gasteiger partial charge in [-0.1, -0.05) is 49.8 Å². The van der Waals surface area contributed by atoms with Gasteiger partial charge in [-0.3, -0.25) is 68.3 Å². The van der Waals surface area contributed by atoms with Gasteiger partial charge in [-0.15, -0.1) is 0 Å². The first-order valence-corrected chi connectivity index (χ1v) is 48.2. The van der Waals surface area contributed by atoms with Crippen molar-refractivity contribution in [1.82, 2.24) is 105 Å². The van der Waals surface area contributed by atoms with E-state index in [2.05, 4.69) is 142 Å². The van der Waals surface area contributed by atoms with Crippen LogP contribution in [0.1, 0.15) is 181 Å². The fourth-order valence-electron chi connectivity index (χ4n) is 20.1. The number of aryl methyl sites for hydroxylation is 1. The number of rotatable bonds is 28. The van der Waals surface area contributed by atoms with E-state index in [-0.39, 0.29) is 52.2 Å². The molecule has 12 aromatic rings. The summed E-state index contributed by atoms with van der Waals surface area (Å²) in [7, 11) is 4.34. The van der Waals surface area contributed by atoms with Crippen LogP contribution in [-0.4, -0.2) is 270 Å². The molecule has 5 saturated heterocycles. The van der Waals surface area contributed by atoms with Crippen LogP contribution >= 0.6 is 0 Å². The highest BCUT2D eigenvalue weighted by Crippen LogP contribution is 2.61. The fourth-order valence-corrected chi connectivity index (χ4v) is 20.1. The van der Waals surface area contributed by atoms with Gasteiger partial charge in [0, 0.05) is 255 Å². The van der Waals surface area contributed by atoms with E-state index >= 15 is 0 Å². The van der Waals surface area contributed by atoms with E-state index < -0.39 is 0 Å². The van der Waals surface area contributed by atoms with Crippen LogP contribution in [-0.2, 0) is 17.9 Å². The maximum atomic E-state index is 13.3. The number of nitrogens with one attached hydrogen (secondary N) is 6. The van der Waals surface area contributed by atoms with Crippen molar-refractivity contribution in [3.63, 3.8) is 0 Å². The Bertz CT molecular complexity index is 6120. The molecule has 15 heterocycles. The number of unbranched alkanes of at least 4 members (excludes halogenated alkanes) is 3. The van der Waals surface area contributed by atoms with E-state index in [1.807, 2.05) is 89.3 Å². The monoisotopic (exact) mass is 1840 g/mol. The highest BCUT2D eigenvalue weighted by Gasteiger charge is 2.57.